The Labute approximate surface area is 160 Å². The summed E-state index contributed by atoms with van der Waals surface area (Å²) in [4.78, 5) is 9.92. The summed E-state index contributed by atoms with van der Waals surface area (Å²) in [5.74, 6) is 0.979. The van der Waals surface area contributed by atoms with Gasteiger partial charge in [0.15, 0.2) is 5.96 Å². The molecule has 0 unspecified atom stereocenters. The zero-order valence-corrected chi connectivity index (χ0v) is 17.5. The van der Waals surface area contributed by atoms with Crippen molar-refractivity contribution in [3.05, 3.63) is 0 Å². The van der Waals surface area contributed by atoms with Crippen LogP contribution in [0.25, 0.3) is 0 Å². The molecule has 2 rings (SSSR count). The number of unbranched alkanes of at least 4 members (excludes halogenated alkanes) is 1. The zero-order chi connectivity index (χ0) is 18.8. The van der Waals surface area contributed by atoms with Crippen molar-refractivity contribution in [3.8, 4) is 0 Å². The van der Waals surface area contributed by atoms with Gasteiger partial charge in [-0.05, 0) is 59.7 Å². The Morgan fingerprint density at radius 1 is 1.19 bits per heavy atom. The summed E-state index contributed by atoms with van der Waals surface area (Å²) in [6.45, 7) is 11.5. The largest absolute Gasteiger partial charge is 0.381 e. The van der Waals surface area contributed by atoms with Crippen molar-refractivity contribution >= 4 is 5.96 Å². The van der Waals surface area contributed by atoms with Gasteiger partial charge >= 0.3 is 0 Å². The first kappa shape index (κ1) is 21.5. The van der Waals surface area contributed by atoms with Crippen LogP contribution in [0.1, 0.15) is 52.4 Å². The minimum Gasteiger partial charge on any atom is -0.381 e. The van der Waals surface area contributed by atoms with Crippen molar-refractivity contribution in [2.45, 2.75) is 64.0 Å². The van der Waals surface area contributed by atoms with Crippen LogP contribution in [0, 0.1) is 0 Å². The normalized spacial score (nSPS) is 22.6. The molecule has 0 aromatic rings. The number of hydrogen-bond acceptors (Lipinski definition) is 4. The first-order chi connectivity index (χ1) is 12.6. The van der Waals surface area contributed by atoms with Crippen molar-refractivity contribution in [1.29, 1.82) is 0 Å². The van der Waals surface area contributed by atoms with Crippen LogP contribution >= 0.6 is 0 Å². The molecule has 6 nitrogen and oxygen atoms in total. The molecular weight excluding hydrogens is 326 g/mol. The molecule has 0 amide bonds. The summed E-state index contributed by atoms with van der Waals surface area (Å²) in [7, 11) is 4.35. The van der Waals surface area contributed by atoms with Crippen molar-refractivity contribution in [2.75, 3.05) is 60.0 Å². The highest BCUT2D eigenvalue weighted by molar-refractivity contribution is 5.80. The van der Waals surface area contributed by atoms with Crippen molar-refractivity contribution in [3.63, 3.8) is 0 Å². The molecule has 0 saturated carbocycles. The van der Waals surface area contributed by atoms with Gasteiger partial charge in [0.05, 0.1) is 6.54 Å². The van der Waals surface area contributed by atoms with E-state index in [9.17, 15) is 0 Å². The summed E-state index contributed by atoms with van der Waals surface area (Å²) in [5.41, 5.74) is 0.129. The number of rotatable bonds is 8. The smallest absolute Gasteiger partial charge is 0.191 e. The fraction of sp³-hybridized carbons (Fsp3) is 0.950. The van der Waals surface area contributed by atoms with Gasteiger partial charge in [-0.25, -0.2) is 0 Å². The molecule has 26 heavy (non-hydrogen) atoms. The number of nitrogens with one attached hydrogen (secondary N) is 2. The second kappa shape index (κ2) is 11.1. The third kappa shape index (κ3) is 6.39. The molecule has 0 aromatic carbocycles. The highest BCUT2D eigenvalue weighted by atomic mass is 16.5. The molecule has 2 fully saturated rings. The molecule has 0 bridgehead atoms. The second-order valence-corrected chi connectivity index (χ2v) is 8.04. The van der Waals surface area contributed by atoms with Gasteiger partial charge in [0, 0.05) is 44.4 Å². The van der Waals surface area contributed by atoms with Gasteiger partial charge in [-0.3, -0.25) is 4.99 Å². The molecule has 2 heterocycles. The Balaban J connectivity index is 1.88. The molecule has 0 aromatic heterocycles. The third-order valence-electron chi connectivity index (χ3n) is 6.00. The van der Waals surface area contributed by atoms with E-state index in [2.05, 4.69) is 48.4 Å². The lowest BCUT2D eigenvalue weighted by atomic mass is 9.89. The van der Waals surface area contributed by atoms with Gasteiger partial charge in [0.25, 0.3) is 0 Å². The first-order valence-electron chi connectivity index (χ1n) is 10.6. The molecular formula is C20H41N5O. The number of piperidine rings is 1. The van der Waals surface area contributed by atoms with E-state index in [0.717, 1.165) is 45.1 Å². The highest BCUT2D eigenvalue weighted by Gasteiger charge is 2.34. The number of ether oxygens (including phenoxy) is 1. The highest BCUT2D eigenvalue weighted by Crippen LogP contribution is 2.26. The van der Waals surface area contributed by atoms with E-state index in [1.165, 1.54) is 45.3 Å². The molecule has 2 aliphatic rings. The first-order valence-corrected chi connectivity index (χ1v) is 10.6. The Morgan fingerprint density at radius 3 is 2.46 bits per heavy atom. The molecule has 0 spiro atoms. The van der Waals surface area contributed by atoms with Gasteiger partial charge < -0.3 is 25.2 Å². The Bertz CT molecular complexity index is 412. The topological polar surface area (TPSA) is 52.1 Å². The van der Waals surface area contributed by atoms with Crippen LogP contribution in [0.15, 0.2) is 4.99 Å². The number of hydrogen-bond donors (Lipinski definition) is 2. The van der Waals surface area contributed by atoms with E-state index in [1.807, 2.05) is 0 Å². The number of likely N-dealkylation sites (N-methyl/N-ethyl adjacent to an activating group) is 1. The lowest BCUT2D eigenvalue weighted by Crippen LogP contribution is -2.53. The number of likely N-dealkylation sites (tertiary alicyclic amines) is 1. The van der Waals surface area contributed by atoms with Gasteiger partial charge in [-0.15, -0.1) is 0 Å². The number of aliphatic imine (C=N–C) groups is 1. The van der Waals surface area contributed by atoms with Crippen molar-refractivity contribution in [2.24, 2.45) is 4.99 Å². The summed E-state index contributed by atoms with van der Waals surface area (Å²) < 4.78 is 5.58. The monoisotopic (exact) mass is 367 g/mol. The maximum Gasteiger partial charge on any atom is 0.191 e. The molecule has 2 aliphatic heterocycles. The standard InChI is InChI=1S/C20H41N5O/c1-5-7-12-25-13-8-18(9-14-25)23-19(21-6-2)22-17-20(24(3)4)10-15-26-16-11-20/h18H,5-17H2,1-4H3,(H2,21,22,23). The van der Waals surface area contributed by atoms with Crippen LogP contribution in [0.2, 0.25) is 0 Å². The van der Waals surface area contributed by atoms with Crippen LogP contribution in [-0.4, -0.2) is 87.4 Å². The van der Waals surface area contributed by atoms with Crippen LogP contribution in [0.3, 0.4) is 0 Å². The van der Waals surface area contributed by atoms with E-state index in [4.69, 9.17) is 9.73 Å². The minimum atomic E-state index is 0.129. The minimum absolute atomic E-state index is 0.129. The van der Waals surface area contributed by atoms with E-state index >= 15 is 0 Å². The molecule has 2 N–H and O–H groups in total. The van der Waals surface area contributed by atoms with Gasteiger partial charge in [-0.2, -0.15) is 0 Å². The predicted molar refractivity (Wildman–Crippen MR) is 110 cm³/mol. The summed E-state index contributed by atoms with van der Waals surface area (Å²) >= 11 is 0. The lowest BCUT2D eigenvalue weighted by Gasteiger charge is -2.42. The molecule has 6 heteroatoms. The second-order valence-electron chi connectivity index (χ2n) is 8.04. The fourth-order valence-corrected chi connectivity index (χ4v) is 3.92. The lowest BCUT2D eigenvalue weighted by molar-refractivity contribution is -0.00256. The van der Waals surface area contributed by atoms with Crippen LogP contribution in [-0.2, 0) is 4.74 Å². The van der Waals surface area contributed by atoms with Gasteiger partial charge in [0.1, 0.15) is 0 Å². The van der Waals surface area contributed by atoms with E-state index < -0.39 is 0 Å². The third-order valence-corrected chi connectivity index (χ3v) is 6.00. The average Bonchev–Trinajstić information content (AvgIpc) is 2.66. The predicted octanol–water partition coefficient (Wildman–Crippen LogP) is 1.92. The van der Waals surface area contributed by atoms with Crippen LogP contribution in [0.4, 0.5) is 0 Å². The van der Waals surface area contributed by atoms with Crippen LogP contribution in [0.5, 0.6) is 0 Å². The maximum atomic E-state index is 5.58. The fourth-order valence-electron chi connectivity index (χ4n) is 3.92. The quantitative estimate of drug-likeness (QED) is 0.507. The number of guanidine groups is 1. The molecule has 0 atom stereocenters. The Hall–Kier alpha value is -0.850. The average molecular weight is 368 g/mol. The van der Waals surface area contributed by atoms with E-state index in [1.54, 1.807) is 0 Å². The zero-order valence-electron chi connectivity index (χ0n) is 17.5. The molecule has 0 radical (unpaired) electrons. The van der Waals surface area contributed by atoms with Crippen LogP contribution < -0.4 is 10.6 Å². The Morgan fingerprint density at radius 2 is 1.88 bits per heavy atom. The molecule has 0 aliphatic carbocycles. The molecule has 152 valence electrons. The van der Waals surface area contributed by atoms with Crippen molar-refractivity contribution in [1.82, 2.24) is 20.4 Å². The van der Waals surface area contributed by atoms with E-state index in [0.29, 0.717) is 6.04 Å². The maximum absolute atomic E-state index is 5.58. The van der Waals surface area contributed by atoms with Gasteiger partial charge in [-0.1, -0.05) is 13.3 Å². The summed E-state index contributed by atoms with van der Waals surface area (Å²) in [6.07, 6.45) is 7.13. The van der Waals surface area contributed by atoms with Crippen molar-refractivity contribution < 1.29 is 4.74 Å². The SMILES string of the molecule is CCCCN1CCC(NC(=NCC2(N(C)C)CCOCC2)NCC)CC1. The molecule has 2 saturated heterocycles. The van der Waals surface area contributed by atoms with E-state index in [-0.39, 0.29) is 5.54 Å². The summed E-state index contributed by atoms with van der Waals surface area (Å²) in [6, 6.07) is 0.538. The number of nitrogens with zero attached hydrogens (tertiary/aromatic N) is 3. The Kier molecular flexibility index (Phi) is 9.16. The van der Waals surface area contributed by atoms with Gasteiger partial charge in [0.2, 0.25) is 0 Å². The summed E-state index contributed by atoms with van der Waals surface area (Å²) in [5, 5.41) is 7.14.